The van der Waals surface area contributed by atoms with Crippen LogP contribution in [0.3, 0.4) is 0 Å². The normalized spacial score (nSPS) is 16.9. The van der Waals surface area contributed by atoms with Gasteiger partial charge >= 0.3 is 0 Å². The first-order valence-corrected chi connectivity index (χ1v) is 19.7. The number of rotatable bonds is 6. The van der Waals surface area contributed by atoms with Gasteiger partial charge in [-0.1, -0.05) is 144 Å². The number of hydrogen-bond donors (Lipinski definition) is 2. The first-order chi connectivity index (χ1) is 26.0. The molecule has 0 heterocycles. The SMILES string of the molecule is CC(C)(C)c1cc2ccc3ccc(-c4ccc5c(c4)C(C)(C)c4cc(-c6ccc7c(c6)C(CN)(CCCN)c6ccccc6-7)ccc4-5)c4ccc(c1)c2c34. The second-order valence-electron chi connectivity index (χ2n) is 17.6. The zero-order chi connectivity index (χ0) is 37.1. The zero-order valence-electron chi connectivity index (χ0n) is 32.1. The molecule has 0 saturated heterocycles. The summed E-state index contributed by atoms with van der Waals surface area (Å²) in [6.07, 6.45) is 1.89. The lowest BCUT2D eigenvalue weighted by Gasteiger charge is -2.31. The maximum absolute atomic E-state index is 6.69. The number of benzene rings is 8. The van der Waals surface area contributed by atoms with Crippen LogP contribution in [0.4, 0.5) is 0 Å². The number of nitrogens with two attached hydrogens (primary N) is 2. The van der Waals surface area contributed by atoms with Gasteiger partial charge in [-0.2, -0.15) is 0 Å². The van der Waals surface area contributed by atoms with Crippen molar-refractivity contribution < 1.29 is 0 Å². The van der Waals surface area contributed by atoms with Crippen molar-refractivity contribution in [1.29, 1.82) is 0 Å². The molecule has 10 rings (SSSR count). The van der Waals surface area contributed by atoms with E-state index in [0.717, 1.165) is 12.8 Å². The Bertz CT molecular complexity index is 2790. The molecule has 1 unspecified atom stereocenters. The summed E-state index contributed by atoms with van der Waals surface area (Å²) in [5.41, 5.74) is 29.7. The van der Waals surface area contributed by atoms with Gasteiger partial charge in [-0.25, -0.2) is 0 Å². The molecule has 2 aliphatic rings. The topological polar surface area (TPSA) is 52.0 Å². The molecule has 0 radical (unpaired) electrons. The second-order valence-corrected chi connectivity index (χ2v) is 17.6. The Kier molecular flexibility index (Phi) is 7.16. The van der Waals surface area contributed by atoms with E-state index in [1.807, 2.05) is 0 Å². The van der Waals surface area contributed by atoms with Gasteiger partial charge in [0.25, 0.3) is 0 Å². The van der Waals surface area contributed by atoms with Crippen molar-refractivity contribution in [1.82, 2.24) is 0 Å². The fourth-order valence-corrected chi connectivity index (χ4v) is 10.2. The Labute approximate surface area is 319 Å². The van der Waals surface area contributed by atoms with Crippen LogP contribution in [-0.2, 0) is 16.2 Å². The highest BCUT2D eigenvalue weighted by molar-refractivity contribution is 6.25. The monoisotopic (exact) mass is 700 g/mol. The van der Waals surface area contributed by atoms with E-state index >= 15 is 0 Å². The Hall–Kier alpha value is -5.28. The number of fused-ring (bicyclic) bond motifs is 6. The van der Waals surface area contributed by atoms with Crippen LogP contribution in [0.2, 0.25) is 0 Å². The summed E-state index contributed by atoms with van der Waals surface area (Å²) in [5, 5.41) is 8.02. The van der Waals surface area contributed by atoms with Crippen LogP contribution in [0.25, 0.3) is 76.8 Å². The lowest BCUT2D eigenvalue weighted by Crippen LogP contribution is -2.35. The van der Waals surface area contributed by atoms with Crippen molar-refractivity contribution >= 4 is 32.3 Å². The standard InChI is InChI=1S/C52H48N2/c1-50(2,3)37-25-35-12-11-31-13-18-38(43-22-17-36(26-37)48(35)49(31)43)34-16-21-41-40-19-14-32(27-45(40)51(4,5)46(41)29-34)33-15-20-42-39-9-6-7-10-44(39)52(30-54,23-8-24-53)47(42)28-33/h6-7,9-22,25-29H,8,23-24,30,53-54H2,1-5H3. The fourth-order valence-electron chi connectivity index (χ4n) is 10.2. The molecule has 2 aliphatic carbocycles. The van der Waals surface area contributed by atoms with Gasteiger partial charge in [0.2, 0.25) is 0 Å². The van der Waals surface area contributed by atoms with Gasteiger partial charge < -0.3 is 11.5 Å². The molecule has 0 aliphatic heterocycles. The fraction of sp³-hybridized carbons (Fsp3) is 0.231. The minimum absolute atomic E-state index is 0.0969. The van der Waals surface area contributed by atoms with Crippen molar-refractivity contribution in [2.45, 2.75) is 63.7 Å². The summed E-state index contributed by atoms with van der Waals surface area (Å²) >= 11 is 0. The van der Waals surface area contributed by atoms with E-state index in [2.05, 4.69) is 162 Å². The van der Waals surface area contributed by atoms with Gasteiger partial charge in [0.05, 0.1) is 0 Å². The molecule has 1 atom stereocenters. The summed E-state index contributed by atoms with van der Waals surface area (Å²) in [7, 11) is 0. The van der Waals surface area contributed by atoms with Gasteiger partial charge in [-0.05, 0) is 148 Å². The van der Waals surface area contributed by atoms with Gasteiger partial charge in [0.1, 0.15) is 0 Å². The summed E-state index contributed by atoms with van der Waals surface area (Å²) in [5.74, 6) is 0. The van der Waals surface area contributed by atoms with Crippen LogP contribution >= 0.6 is 0 Å². The third-order valence-corrected chi connectivity index (χ3v) is 13.2. The first kappa shape index (κ1) is 33.3. The minimum atomic E-state index is -0.218. The molecule has 0 spiro atoms. The van der Waals surface area contributed by atoms with Crippen molar-refractivity contribution in [2.75, 3.05) is 13.1 Å². The Balaban J connectivity index is 1.06. The van der Waals surface area contributed by atoms with Crippen LogP contribution < -0.4 is 11.5 Å². The van der Waals surface area contributed by atoms with E-state index in [4.69, 9.17) is 11.5 Å². The van der Waals surface area contributed by atoms with Crippen LogP contribution in [0, 0.1) is 0 Å². The average Bonchev–Trinajstić information content (AvgIpc) is 3.59. The van der Waals surface area contributed by atoms with Crippen LogP contribution in [0.1, 0.15) is 75.3 Å². The zero-order valence-corrected chi connectivity index (χ0v) is 32.1. The van der Waals surface area contributed by atoms with Gasteiger partial charge in [0, 0.05) is 17.4 Å². The lowest BCUT2D eigenvalue weighted by molar-refractivity contribution is 0.479. The predicted octanol–water partition coefficient (Wildman–Crippen LogP) is 12.5. The van der Waals surface area contributed by atoms with E-state index < -0.39 is 0 Å². The largest absolute Gasteiger partial charge is 0.330 e. The molecule has 8 aromatic carbocycles. The highest BCUT2D eigenvalue weighted by Gasteiger charge is 2.42. The van der Waals surface area contributed by atoms with E-state index in [1.54, 1.807) is 0 Å². The first-order valence-electron chi connectivity index (χ1n) is 19.7. The van der Waals surface area contributed by atoms with Crippen molar-refractivity contribution in [2.24, 2.45) is 11.5 Å². The molecule has 266 valence electrons. The predicted molar refractivity (Wildman–Crippen MR) is 231 cm³/mol. The lowest BCUT2D eigenvalue weighted by atomic mass is 9.74. The van der Waals surface area contributed by atoms with Crippen molar-refractivity contribution in [3.05, 3.63) is 155 Å². The molecular weight excluding hydrogens is 653 g/mol. The van der Waals surface area contributed by atoms with E-state index in [9.17, 15) is 0 Å². The second kappa shape index (κ2) is 11.6. The summed E-state index contributed by atoms with van der Waals surface area (Å²) in [6.45, 7) is 12.9. The van der Waals surface area contributed by atoms with Crippen LogP contribution in [0.15, 0.2) is 127 Å². The molecule has 4 N–H and O–H groups in total. The molecule has 54 heavy (non-hydrogen) atoms. The van der Waals surface area contributed by atoms with Crippen molar-refractivity contribution in [3.8, 4) is 44.5 Å². The van der Waals surface area contributed by atoms with Crippen molar-refractivity contribution in [3.63, 3.8) is 0 Å². The maximum Gasteiger partial charge on any atom is 0.0338 e. The third-order valence-electron chi connectivity index (χ3n) is 13.2. The maximum atomic E-state index is 6.69. The number of hydrogen-bond acceptors (Lipinski definition) is 2. The van der Waals surface area contributed by atoms with Crippen LogP contribution in [0.5, 0.6) is 0 Å². The molecule has 8 aromatic rings. The van der Waals surface area contributed by atoms with Gasteiger partial charge in [0.15, 0.2) is 0 Å². The minimum Gasteiger partial charge on any atom is -0.330 e. The third kappa shape index (κ3) is 4.60. The summed E-state index contributed by atoms with van der Waals surface area (Å²) < 4.78 is 0. The molecular formula is C52H48N2. The average molecular weight is 701 g/mol. The Morgan fingerprint density at radius 2 is 1.04 bits per heavy atom. The summed E-state index contributed by atoms with van der Waals surface area (Å²) in [6, 6.07) is 48.9. The molecule has 0 saturated carbocycles. The van der Waals surface area contributed by atoms with Gasteiger partial charge in [-0.15, -0.1) is 0 Å². The van der Waals surface area contributed by atoms with E-state index in [1.165, 1.54) is 105 Å². The van der Waals surface area contributed by atoms with Gasteiger partial charge in [-0.3, -0.25) is 0 Å². The Morgan fingerprint density at radius 3 is 1.70 bits per heavy atom. The summed E-state index contributed by atoms with van der Waals surface area (Å²) in [4.78, 5) is 0. The molecule has 2 heteroatoms. The smallest absolute Gasteiger partial charge is 0.0338 e. The van der Waals surface area contributed by atoms with E-state index in [-0.39, 0.29) is 16.2 Å². The van der Waals surface area contributed by atoms with E-state index in [0.29, 0.717) is 13.1 Å². The quantitative estimate of drug-likeness (QED) is 0.170. The molecule has 0 fully saturated rings. The molecule has 0 aromatic heterocycles. The van der Waals surface area contributed by atoms with Crippen LogP contribution in [-0.4, -0.2) is 13.1 Å². The molecule has 2 nitrogen and oxygen atoms in total. The highest BCUT2D eigenvalue weighted by Crippen LogP contribution is 2.54. The molecule has 0 amide bonds. The highest BCUT2D eigenvalue weighted by atomic mass is 14.6. The molecule has 0 bridgehead atoms. The Morgan fingerprint density at radius 1 is 0.500 bits per heavy atom.